The van der Waals surface area contributed by atoms with Gasteiger partial charge in [0.15, 0.2) is 11.9 Å². The predicted octanol–water partition coefficient (Wildman–Crippen LogP) is 2.61. The van der Waals surface area contributed by atoms with E-state index in [1.165, 1.54) is 6.92 Å². The Hall–Kier alpha value is -1.53. The average Bonchev–Trinajstić information content (AvgIpc) is 2.62. The number of allylic oxidation sites excluding steroid dienone is 1. The molecule has 4 aliphatic rings. The predicted molar refractivity (Wildman–Crippen MR) is 105 cm³/mol. The second kappa shape index (κ2) is 6.48. The van der Waals surface area contributed by atoms with Crippen LogP contribution >= 0.6 is 0 Å². The highest BCUT2D eigenvalue weighted by Gasteiger charge is 2.67. The van der Waals surface area contributed by atoms with E-state index in [4.69, 9.17) is 9.47 Å². The number of fused-ring (bicyclic) bond motifs is 5. The highest BCUT2D eigenvalue weighted by atomic mass is 16.5. The Kier molecular flexibility index (Phi) is 4.63. The van der Waals surface area contributed by atoms with Crippen LogP contribution in [0.15, 0.2) is 11.1 Å². The van der Waals surface area contributed by atoms with Gasteiger partial charge in [0.1, 0.15) is 6.29 Å². The molecule has 2 saturated carbocycles. The lowest BCUT2D eigenvalue weighted by atomic mass is 9.44. The van der Waals surface area contributed by atoms with E-state index in [2.05, 4.69) is 0 Å². The van der Waals surface area contributed by atoms with Gasteiger partial charge < -0.3 is 19.4 Å². The molecule has 1 N–H and O–H groups in total. The normalized spacial score (nSPS) is 45.9. The third-order valence-electron chi connectivity index (χ3n) is 8.86. The number of aliphatic hydroxyl groups excluding tert-OH is 1. The second-order valence-corrected chi connectivity index (χ2v) is 10.3. The average molecular weight is 405 g/mol. The van der Waals surface area contributed by atoms with Crippen molar-refractivity contribution >= 4 is 18.0 Å². The van der Waals surface area contributed by atoms with Gasteiger partial charge in [-0.1, -0.05) is 19.4 Å². The number of ether oxygens (including phenoxy) is 2. The first-order chi connectivity index (χ1) is 13.5. The SMILES string of the molecule is CC(=O)O[C@H]1C(=O)[C@@]2(C)C(C[C@]3(C=O)CCC(C)=C1C3(C)C)[C@@H]1CO[C@@H]1C[C@@H]2O. The number of aldehydes is 1. The zero-order valence-corrected chi connectivity index (χ0v) is 18.0. The number of hydrogen-bond acceptors (Lipinski definition) is 6. The van der Waals surface area contributed by atoms with E-state index in [0.29, 0.717) is 32.3 Å². The molecule has 1 unspecified atom stereocenters. The summed E-state index contributed by atoms with van der Waals surface area (Å²) in [5.41, 5.74) is -0.640. The van der Waals surface area contributed by atoms with Crippen molar-refractivity contribution < 1.29 is 29.0 Å². The third kappa shape index (κ3) is 2.57. The van der Waals surface area contributed by atoms with Crippen molar-refractivity contribution in [1.82, 2.24) is 0 Å². The number of aliphatic hydroxyl groups is 1. The zero-order chi connectivity index (χ0) is 21.4. The summed E-state index contributed by atoms with van der Waals surface area (Å²) in [6.45, 7) is 9.61. The first kappa shape index (κ1) is 20.7. The van der Waals surface area contributed by atoms with E-state index in [9.17, 15) is 19.5 Å². The largest absolute Gasteiger partial charge is 0.450 e. The fourth-order valence-electron chi connectivity index (χ4n) is 6.74. The van der Waals surface area contributed by atoms with Crippen molar-refractivity contribution in [2.24, 2.45) is 28.1 Å². The van der Waals surface area contributed by atoms with E-state index >= 15 is 0 Å². The smallest absolute Gasteiger partial charge is 0.303 e. The first-order valence-corrected chi connectivity index (χ1v) is 10.7. The Bertz CT molecular complexity index is 797. The third-order valence-corrected chi connectivity index (χ3v) is 8.86. The van der Waals surface area contributed by atoms with Gasteiger partial charge in [0, 0.05) is 30.1 Å². The van der Waals surface area contributed by atoms with Crippen molar-refractivity contribution in [3.63, 3.8) is 0 Å². The number of ketones is 1. The molecule has 0 aromatic heterocycles. The quantitative estimate of drug-likeness (QED) is 0.432. The number of rotatable bonds is 2. The molecule has 0 spiro atoms. The van der Waals surface area contributed by atoms with Crippen LogP contribution in [0.5, 0.6) is 0 Å². The van der Waals surface area contributed by atoms with Crippen molar-refractivity contribution in [3.8, 4) is 0 Å². The van der Waals surface area contributed by atoms with Crippen LogP contribution in [0.1, 0.15) is 60.3 Å². The Morgan fingerprint density at radius 3 is 2.55 bits per heavy atom. The van der Waals surface area contributed by atoms with Crippen molar-refractivity contribution in [2.75, 3.05) is 6.61 Å². The standard InChI is InChI=1S/C23H32O6/c1-12-6-7-23(11-24)9-15-14-10-28-16(14)8-17(26)22(15,5)20(27)19(29-13(2)25)18(12)21(23,3)4/h11,14-17,19,26H,6-10H2,1-5H3/t14-,15?,16+,17-,19+,22-,23-/m0/s1. The van der Waals surface area contributed by atoms with Crippen LogP contribution in [0, 0.1) is 28.1 Å². The minimum Gasteiger partial charge on any atom is -0.450 e. The minimum atomic E-state index is -1.08. The summed E-state index contributed by atoms with van der Waals surface area (Å²) in [7, 11) is 0. The van der Waals surface area contributed by atoms with Gasteiger partial charge in [-0.05, 0) is 44.6 Å². The van der Waals surface area contributed by atoms with Gasteiger partial charge >= 0.3 is 5.97 Å². The molecule has 1 heterocycles. The number of esters is 1. The molecule has 160 valence electrons. The lowest BCUT2D eigenvalue weighted by Crippen LogP contribution is -2.67. The van der Waals surface area contributed by atoms with Crippen LogP contribution in [0.3, 0.4) is 0 Å². The summed E-state index contributed by atoms with van der Waals surface area (Å²) in [6.07, 6.45) is 1.35. The second-order valence-electron chi connectivity index (χ2n) is 10.3. The zero-order valence-electron chi connectivity index (χ0n) is 18.0. The first-order valence-electron chi connectivity index (χ1n) is 10.7. The van der Waals surface area contributed by atoms with Crippen molar-refractivity contribution in [3.05, 3.63) is 11.1 Å². The van der Waals surface area contributed by atoms with E-state index < -0.39 is 34.4 Å². The lowest BCUT2D eigenvalue weighted by Gasteiger charge is -2.62. The van der Waals surface area contributed by atoms with Crippen molar-refractivity contribution in [1.29, 1.82) is 0 Å². The van der Waals surface area contributed by atoms with Gasteiger partial charge in [-0.3, -0.25) is 9.59 Å². The molecule has 3 aliphatic carbocycles. The summed E-state index contributed by atoms with van der Waals surface area (Å²) < 4.78 is 11.3. The molecule has 0 amide bonds. The highest BCUT2D eigenvalue weighted by molar-refractivity contribution is 5.95. The topological polar surface area (TPSA) is 89.9 Å². The maximum Gasteiger partial charge on any atom is 0.303 e. The lowest BCUT2D eigenvalue weighted by molar-refractivity contribution is -0.235. The molecule has 6 nitrogen and oxygen atoms in total. The molecule has 1 aliphatic heterocycles. The summed E-state index contributed by atoms with van der Waals surface area (Å²) in [5, 5.41) is 11.1. The van der Waals surface area contributed by atoms with Crippen LogP contribution in [0.25, 0.3) is 0 Å². The molecule has 29 heavy (non-hydrogen) atoms. The molecule has 2 bridgehead atoms. The summed E-state index contributed by atoms with van der Waals surface area (Å²) in [4.78, 5) is 38.7. The van der Waals surface area contributed by atoms with Gasteiger partial charge in [0.2, 0.25) is 0 Å². The molecule has 1 saturated heterocycles. The number of Topliss-reactive ketones (excluding diaryl/α,β-unsaturated/α-hetero) is 1. The van der Waals surface area contributed by atoms with Gasteiger partial charge in [-0.2, -0.15) is 0 Å². The van der Waals surface area contributed by atoms with Gasteiger partial charge in [-0.25, -0.2) is 0 Å². The monoisotopic (exact) mass is 404 g/mol. The van der Waals surface area contributed by atoms with Crippen LogP contribution in [-0.2, 0) is 23.9 Å². The van der Waals surface area contributed by atoms with E-state index in [-0.39, 0.29) is 23.7 Å². The molecule has 6 heteroatoms. The number of carbonyl (C=O) groups is 3. The maximum atomic E-state index is 14.0. The molecule has 0 aromatic rings. The molecule has 0 aromatic carbocycles. The maximum absolute atomic E-state index is 14.0. The van der Waals surface area contributed by atoms with Gasteiger partial charge in [-0.15, -0.1) is 0 Å². The van der Waals surface area contributed by atoms with Crippen LogP contribution in [0.4, 0.5) is 0 Å². The van der Waals surface area contributed by atoms with Crippen LogP contribution in [-0.4, -0.2) is 48.1 Å². The molecule has 7 atom stereocenters. The molecule has 3 fully saturated rings. The molecular weight excluding hydrogens is 372 g/mol. The Labute approximate surface area is 172 Å². The van der Waals surface area contributed by atoms with Crippen LogP contribution < -0.4 is 0 Å². The fraction of sp³-hybridized carbons (Fsp3) is 0.783. The van der Waals surface area contributed by atoms with Crippen molar-refractivity contribution in [2.45, 2.75) is 78.6 Å². The summed E-state index contributed by atoms with van der Waals surface area (Å²) >= 11 is 0. The fourth-order valence-corrected chi connectivity index (χ4v) is 6.74. The molecule has 0 radical (unpaired) electrons. The summed E-state index contributed by atoms with van der Waals surface area (Å²) in [6, 6.07) is 0. The van der Waals surface area contributed by atoms with E-state index in [0.717, 1.165) is 17.4 Å². The Balaban J connectivity index is 1.96. The molecule has 4 rings (SSSR count). The Morgan fingerprint density at radius 2 is 2.00 bits per heavy atom. The highest BCUT2D eigenvalue weighted by Crippen LogP contribution is 2.64. The Morgan fingerprint density at radius 1 is 1.31 bits per heavy atom. The molecular formula is C23H32O6. The van der Waals surface area contributed by atoms with E-state index in [1.807, 2.05) is 20.8 Å². The number of hydrogen-bond donors (Lipinski definition) is 1. The van der Waals surface area contributed by atoms with Gasteiger partial charge in [0.25, 0.3) is 0 Å². The van der Waals surface area contributed by atoms with Gasteiger partial charge in [0.05, 0.1) is 24.2 Å². The van der Waals surface area contributed by atoms with Crippen LogP contribution in [0.2, 0.25) is 0 Å². The minimum absolute atomic E-state index is 0.0744. The van der Waals surface area contributed by atoms with E-state index in [1.54, 1.807) is 6.92 Å². The number of carbonyl (C=O) groups excluding carboxylic acids is 3. The summed E-state index contributed by atoms with van der Waals surface area (Å²) in [5.74, 6) is -0.830.